The molecule has 150 valence electrons. The van der Waals surface area contributed by atoms with Gasteiger partial charge in [0.2, 0.25) is 0 Å². The van der Waals surface area contributed by atoms with Crippen LogP contribution in [0.2, 0.25) is 0 Å². The summed E-state index contributed by atoms with van der Waals surface area (Å²) in [5, 5.41) is 31.0. The van der Waals surface area contributed by atoms with E-state index in [1.807, 2.05) is 24.3 Å². The SMILES string of the molecule is O=C(O)C1=CC(=CC=NC(Cc2c[n-]c3ccccc23)C(=O)O)CC(C(=O)O)N1. The van der Waals surface area contributed by atoms with Gasteiger partial charge < -0.3 is 25.6 Å². The highest BCUT2D eigenvalue weighted by molar-refractivity contribution is 5.90. The molecule has 2 heterocycles. The summed E-state index contributed by atoms with van der Waals surface area (Å²) in [6.07, 6.45) is 5.82. The van der Waals surface area contributed by atoms with E-state index in [0.717, 1.165) is 16.5 Å². The van der Waals surface area contributed by atoms with Crippen molar-refractivity contribution in [1.29, 1.82) is 0 Å². The minimum Gasteiger partial charge on any atom is -0.663 e. The van der Waals surface area contributed by atoms with Gasteiger partial charge in [0.15, 0.2) is 6.04 Å². The summed E-state index contributed by atoms with van der Waals surface area (Å²) in [4.78, 5) is 42.3. The first-order valence-corrected chi connectivity index (χ1v) is 8.74. The van der Waals surface area contributed by atoms with Crippen LogP contribution in [-0.4, -0.2) is 51.5 Å². The van der Waals surface area contributed by atoms with Gasteiger partial charge in [-0.25, -0.2) is 14.4 Å². The van der Waals surface area contributed by atoms with Gasteiger partial charge in [0, 0.05) is 19.1 Å². The van der Waals surface area contributed by atoms with Gasteiger partial charge in [-0.15, -0.1) is 5.52 Å². The average Bonchev–Trinajstić information content (AvgIpc) is 3.09. The first-order valence-electron chi connectivity index (χ1n) is 8.74. The lowest BCUT2D eigenvalue weighted by atomic mass is 10.00. The van der Waals surface area contributed by atoms with E-state index in [-0.39, 0.29) is 18.5 Å². The van der Waals surface area contributed by atoms with Crippen LogP contribution < -0.4 is 10.3 Å². The predicted octanol–water partition coefficient (Wildman–Crippen LogP) is 1.20. The molecule has 1 aliphatic rings. The number of aliphatic imine (C=N–C) groups is 1. The lowest BCUT2D eigenvalue weighted by Gasteiger charge is -2.21. The summed E-state index contributed by atoms with van der Waals surface area (Å²) < 4.78 is 0. The van der Waals surface area contributed by atoms with Crippen molar-refractivity contribution < 1.29 is 29.7 Å². The van der Waals surface area contributed by atoms with Crippen LogP contribution in [0.25, 0.3) is 10.9 Å². The predicted molar refractivity (Wildman–Crippen MR) is 104 cm³/mol. The third-order valence-corrected chi connectivity index (χ3v) is 4.49. The highest BCUT2D eigenvalue weighted by Crippen LogP contribution is 2.20. The number of hydrogen-bond acceptors (Lipinski definition) is 5. The number of benzene rings is 1. The van der Waals surface area contributed by atoms with E-state index >= 15 is 0 Å². The van der Waals surface area contributed by atoms with Crippen LogP contribution in [-0.2, 0) is 20.8 Å². The number of aliphatic carboxylic acids is 3. The molecule has 1 aromatic heterocycles. The van der Waals surface area contributed by atoms with Crippen LogP contribution in [0.15, 0.2) is 58.9 Å². The molecule has 0 radical (unpaired) electrons. The number of nitrogens with one attached hydrogen (secondary N) is 1. The average molecular weight is 396 g/mol. The van der Waals surface area contributed by atoms with Crippen molar-refractivity contribution >= 4 is 35.0 Å². The Hall–Kier alpha value is -3.88. The molecule has 1 aliphatic heterocycles. The van der Waals surface area contributed by atoms with Gasteiger partial charge in [-0.2, -0.15) is 6.20 Å². The third kappa shape index (κ3) is 4.70. The Morgan fingerprint density at radius 2 is 2.00 bits per heavy atom. The molecule has 3 rings (SSSR count). The van der Waals surface area contributed by atoms with Gasteiger partial charge in [-0.05, 0) is 23.1 Å². The molecule has 4 N–H and O–H groups in total. The molecule has 0 saturated carbocycles. The van der Waals surface area contributed by atoms with Gasteiger partial charge in [-0.3, -0.25) is 4.99 Å². The number of carboxylic acid groups (broad SMARTS) is 3. The van der Waals surface area contributed by atoms with Crippen molar-refractivity contribution in [2.24, 2.45) is 4.99 Å². The lowest BCUT2D eigenvalue weighted by Crippen LogP contribution is -2.41. The number of aromatic nitrogens is 1. The fourth-order valence-corrected chi connectivity index (χ4v) is 3.04. The summed E-state index contributed by atoms with van der Waals surface area (Å²) in [6, 6.07) is 5.26. The number of carbonyl (C=O) groups is 3. The summed E-state index contributed by atoms with van der Waals surface area (Å²) in [5.41, 5.74) is 1.71. The molecule has 9 heteroatoms. The van der Waals surface area contributed by atoms with E-state index < -0.39 is 30.0 Å². The smallest absolute Gasteiger partial charge is 0.351 e. The second-order valence-electron chi connectivity index (χ2n) is 6.50. The van der Waals surface area contributed by atoms with E-state index in [9.17, 15) is 19.5 Å². The van der Waals surface area contributed by atoms with Crippen molar-refractivity contribution in [1.82, 2.24) is 10.3 Å². The first kappa shape index (κ1) is 19.9. The van der Waals surface area contributed by atoms with E-state index in [4.69, 9.17) is 10.2 Å². The van der Waals surface area contributed by atoms with Gasteiger partial charge in [0.05, 0.1) is 0 Å². The number of allylic oxidation sites excluding steroid dienone is 2. The zero-order valence-corrected chi connectivity index (χ0v) is 15.1. The Morgan fingerprint density at radius 3 is 2.69 bits per heavy atom. The largest absolute Gasteiger partial charge is 0.663 e. The standard InChI is InChI=1S/C20H18N3O6/c24-18(25)15(9-12-10-22-14-4-2-1-3-13(12)14)21-6-5-11-7-16(19(26)27)23-17(8-11)20(28)29/h1-7,10,15,17H,8-9H2,(H,21,23)(H,24,25)(H,26,27)(H,28,29)/q-1. The highest BCUT2D eigenvalue weighted by Gasteiger charge is 2.26. The van der Waals surface area contributed by atoms with Crippen molar-refractivity contribution in [3.63, 3.8) is 0 Å². The zero-order chi connectivity index (χ0) is 21.0. The third-order valence-electron chi connectivity index (χ3n) is 4.49. The molecule has 2 unspecified atom stereocenters. The molecule has 0 aliphatic carbocycles. The van der Waals surface area contributed by atoms with Crippen molar-refractivity contribution in [3.8, 4) is 0 Å². The zero-order valence-electron chi connectivity index (χ0n) is 15.1. The van der Waals surface area contributed by atoms with Gasteiger partial charge in [-0.1, -0.05) is 29.8 Å². The molecule has 0 fully saturated rings. The molecule has 0 spiro atoms. The van der Waals surface area contributed by atoms with Crippen LogP contribution in [0, 0.1) is 0 Å². The molecule has 9 nitrogen and oxygen atoms in total. The van der Waals surface area contributed by atoms with Crippen molar-refractivity contribution in [2.75, 3.05) is 0 Å². The maximum Gasteiger partial charge on any atom is 0.351 e. The summed E-state index contributed by atoms with van der Waals surface area (Å²) in [7, 11) is 0. The summed E-state index contributed by atoms with van der Waals surface area (Å²) >= 11 is 0. The molecule has 1 aromatic carbocycles. The van der Waals surface area contributed by atoms with Gasteiger partial charge in [0.1, 0.15) is 11.7 Å². The molecule has 0 bridgehead atoms. The number of rotatable bonds is 7. The topological polar surface area (TPSA) is 150 Å². The molecule has 0 saturated heterocycles. The van der Waals surface area contributed by atoms with Crippen LogP contribution >= 0.6 is 0 Å². The number of hydrogen-bond donors (Lipinski definition) is 4. The fourth-order valence-electron chi connectivity index (χ4n) is 3.04. The Balaban J connectivity index is 1.79. The van der Waals surface area contributed by atoms with Crippen LogP contribution in [0.4, 0.5) is 0 Å². The van der Waals surface area contributed by atoms with Gasteiger partial charge in [0.25, 0.3) is 0 Å². The van der Waals surface area contributed by atoms with Crippen molar-refractivity contribution in [2.45, 2.75) is 24.9 Å². The van der Waals surface area contributed by atoms with E-state index in [1.54, 1.807) is 6.20 Å². The second kappa shape index (κ2) is 8.42. The van der Waals surface area contributed by atoms with Gasteiger partial charge >= 0.3 is 17.9 Å². The maximum absolute atomic E-state index is 11.6. The Morgan fingerprint density at radius 1 is 1.24 bits per heavy atom. The summed E-state index contributed by atoms with van der Waals surface area (Å²) in [5.74, 6) is -3.57. The normalized spacial score (nSPS) is 19.1. The molecule has 29 heavy (non-hydrogen) atoms. The first-order chi connectivity index (χ1) is 13.8. The fraction of sp³-hybridized carbons (Fsp3) is 0.200. The number of carboxylic acids is 3. The maximum atomic E-state index is 11.6. The monoisotopic (exact) mass is 396 g/mol. The molecule has 0 amide bonds. The number of fused-ring (bicyclic) bond motifs is 1. The van der Waals surface area contributed by atoms with Crippen LogP contribution in [0.3, 0.4) is 0 Å². The second-order valence-corrected chi connectivity index (χ2v) is 6.50. The van der Waals surface area contributed by atoms with Crippen LogP contribution in [0.1, 0.15) is 12.0 Å². The van der Waals surface area contributed by atoms with E-state index in [0.29, 0.717) is 5.57 Å². The molecule has 2 aromatic rings. The number of para-hydroxylation sites is 1. The van der Waals surface area contributed by atoms with E-state index in [2.05, 4.69) is 15.3 Å². The Bertz CT molecular complexity index is 1050. The lowest BCUT2D eigenvalue weighted by molar-refractivity contribution is -0.140. The molecular formula is C20H18N3O6-. The minimum atomic E-state index is -1.28. The number of nitrogens with zero attached hydrogens (tertiary/aromatic N) is 2. The quantitative estimate of drug-likeness (QED) is 0.510. The molecule has 2 atom stereocenters. The Labute approximate surface area is 165 Å². The summed E-state index contributed by atoms with van der Waals surface area (Å²) in [6.45, 7) is 0. The van der Waals surface area contributed by atoms with Crippen molar-refractivity contribution in [3.05, 3.63) is 59.4 Å². The minimum absolute atomic E-state index is 0.0489. The molecular weight excluding hydrogens is 378 g/mol. The Kier molecular flexibility index (Phi) is 5.77. The van der Waals surface area contributed by atoms with Crippen LogP contribution in [0.5, 0.6) is 0 Å². The van der Waals surface area contributed by atoms with E-state index in [1.165, 1.54) is 18.4 Å². The highest BCUT2D eigenvalue weighted by atomic mass is 16.4.